The van der Waals surface area contributed by atoms with Crippen molar-refractivity contribution in [2.75, 3.05) is 0 Å². The first kappa shape index (κ1) is 16.0. The zero-order chi connectivity index (χ0) is 14.9. The molecule has 1 aliphatic rings. The number of hydrogen-bond acceptors (Lipinski definition) is 3. The zero-order valence-corrected chi connectivity index (χ0v) is 14.5. The molecule has 20 heavy (non-hydrogen) atoms. The van der Waals surface area contributed by atoms with Crippen molar-refractivity contribution in [2.24, 2.45) is 17.1 Å². The van der Waals surface area contributed by atoms with Crippen molar-refractivity contribution in [3.63, 3.8) is 0 Å². The largest absolute Gasteiger partial charge is 0.326 e. The molecule has 0 amide bonds. The van der Waals surface area contributed by atoms with E-state index in [0.717, 1.165) is 5.92 Å². The highest BCUT2D eigenvalue weighted by Gasteiger charge is 2.31. The molecule has 2 rings (SSSR count). The second-order valence-corrected chi connectivity index (χ2v) is 8.75. The van der Waals surface area contributed by atoms with Gasteiger partial charge >= 0.3 is 0 Å². The van der Waals surface area contributed by atoms with Crippen LogP contribution in [0.15, 0.2) is 0 Å². The minimum absolute atomic E-state index is 0.458. The molecule has 114 valence electrons. The molecule has 0 spiro atoms. The smallest absolute Gasteiger partial charge is 0.0962 e. The van der Waals surface area contributed by atoms with Gasteiger partial charge in [0.2, 0.25) is 0 Å². The maximum Gasteiger partial charge on any atom is 0.0962 e. The first-order chi connectivity index (χ1) is 9.32. The van der Waals surface area contributed by atoms with Crippen molar-refractivity contribution in [1.29, 1.82) is 0 Å². The average Bonchev–Trinajstić information content (AvgIpc) is 2.82. The van der Waals surface area contributed by atoms with Crippen molar-refractivity contribution >= 4 is 11.3 Å². The summed E-state index contributed by atoms with van der Waals surface area (Å²) in [6.45, 7) is 12.2. The molecule has 1 aromatic rings. The topological polar surface area (TPSA) is 38.9 Å². The summed E-state index contributed by atoms with van der Waals surface area (Å²) in [6.07, 6.45) is 5.30. The number of nitrogens with zero attached hydrogens (tertiary/aromatic N) is 1. The van der Waals surface area contributed by atoms with Crippen LogP contribution in [-0.2, 0) is 6.54 Å². The van der Waals surface area contributed by atoms with Gasteiger partial charge in [0.05, 0.1) is 10.7 Å². The van der Waals surface area contributed by atoms with Gasteiger partial charge in [0.15, 0.2) is 0 Å². The summed E-state index contributed by atoms with van der Waals surface area (Å²) in [5.41, 5.74) is 7.58. The second kappa shape index (κ2) is 6.15. The summed E-state index contributed by atoms with van der Waals surface area (Å²) in [4.78, 5) is 6.23. The highest BCUT2D eigenvalue weighted by molar-refractivity contribution is 7.11. The van der Waals surface area contributed by atoms with Crippen LogP contribution in [-0.4, -0.2) is 4.98 Å². The maximum atomic E-state index is 5.88. The van der Waals surface area contributed by atoms with E-state index >= 15 is 0 Å². The third-order valence-corrected chi connectivity index (χ3v) is 6.03. The van der Waals surface area contributed by atoms with Gasteiger partial charge in [-0.1, -0.05) is 34.6 Å². The van der Waals surface area contributed by atoms with Gasteiger partial charge in [-0.25, -0.2) is 4.98 Å². The Morgan fingerprint density at radius 1 is 1.20 bits per heavy atom. The molecule has 0 radical (unpaired) electrons. The summed E-state index contributed by atoms with van der Waals surface area (Å²) >= 11 is 1.87. The van der Waals surface area contributed by atoms with Gasteiger partial charge in [0, 0.05) is 17.3 Å². The minimum Gasteiger partial charge on any atom is -0.326 e. The van der Waals surface area contributed by atoms with Gasteiger partial charge in [-0.15, -0.1) is 11.3 Å². The molecule has 1 heterocycles. The fourth-order valence-corrected chi connectivity index (χ4v) is 4.63. The van der Waals surface area contributed by atoms with Crippen molar-refractivity contribution in [3.8, 4) is 0 Å². The van der Waals surface area contributed by atoms with Crippen LogP contribution in [0, 0.1) is 11.3 Å². The van der Waals surface area contributed by atoms with Gasteiger partial charge in [-0.3, -0.25) is 0 Å². The fraction of sp³-hybridized carbons (Fsp3) is 0.824. The van der Waals surface area contributed by atoms with Crippen molar-refractivity contribution in [3.05, 3.63) is 15.6 Å². The molecular formula is C17H30N2S. The molecule has 0 atom stereocenters. The lowest BCUT2D eigenvalue weighted by atomic mass is 9.70. The Hall–Kier alpha value is -0.410. The van der Waals surface area contributed by atoms with Gasteiger partial charge in [0.25, 0.3) is 0 Å². The van der Waals surface area contributed by atoms with E-state index < -0.39 is 0 Å². The Balaban J connectivity index is 2.07. The summed E-state index contributed by atoms with van der Waals surface area (Å²) in [7, 11) is 0. The maximum absolute atomic E-state index is 5.88. The monoisotopic (exact) mass is 294 g/mol. The molecule has 2 nitrogen and oxygen atoms in total. The molecule has 3 heteroatoms. The Morgan fingerprint density at radius 3 is 2.20 bits per heavy atom. The highest BCUT2D eigenvalue weighted by Crippen LogP contribution is 2.44. The van der Waals surface area contributed by atoms with Crippen LogP contribution >= 0.6 is 11.3 Å². The first-order valence-electron chi connectivity index (χ1n) is 8.02. The molecule has 1 fully saturated rings. The van der Waals surface area contributed by atoms with Crippen molar-refractivity contribution in [2.45, 2.75) is 78.7 Å². The Labute approximate surface area is 128 Å². The predicted molar refractivity (Wildman–Crippen MR) is 88.2 cm³/mol. The summed E-state index contributed by atoms with van der Waals surface area (Å²) in [5.74, 6) is 2.04. The van der Waals surface area contributed by atoms with E-state index in [-0.39, 0.29) is 0 Å². The predicted octanol–water partition coefficient (Wildman–Crippen LogP) is 5.05. The van der Waals surface area contributed by atoms with Crippen LogP contribution in [0.1, 0.15) is 87.7 Å². The van der Waals surface area contributed by atoms with E-state index in [1.807, 2.05) is 11.3 Å². The summed E-state index contributed by atoms with van der Waals surface area (Å²) < 4.78 is 0. The Kier molecular flexibility index (Phi) is 4.91. The van der Waals surface area contributed by atoms with Crippen LogP contribution in [0.25, 0.3) is 0 Å². The number of rotatable bonds is 3. The molecule has 1 saturated carbocycles. The van der Waals surface area contributed by atoms with Crippen LogP contribution in [0.2, 0.25) is 0 Å². The lowest BCUT2D eigenvalue weighted by Gasteiger charge is -2.36. The number of thiazole rings is 1. The van der Waals surface area contributed by atoms with Crippen LogP contribution in [0.3, 0.4) is 0 Å². The third-order valence-electron chi connectivity index (χ3n) is 4.78. The molecule has 1 aliphatic carbocycles. The third kappa shape index (κ3) is 3.43. The average molecular weight is 295 g/mol. The SMILES string of the molecule is CC(C)c1nc(C2CCC(C(C)(C)C)CC2)sc1CN. The van der Waals surface area contributed by atoms with E-state index in [2.05, 4.69) is 34.6 Å². The summed E-state index contributed by atoms with van der Waals surface area (Å²) in [5, 5.41) is 1.35. The van der Waals surface area contributed by atoms with E-state index in [1.54, 1.807) is 0 Å². The fourth-order valence-electron chi connectivity index (χ4n) is 3.36. The quantitative estimate of drug-likeness (QED) is 0.847. The highest BCUT2D eigenvalue weighted by atomic mass is 32.1. The van der Waals surface area contributed by atoms with Crippen LogP contribution in [0.5, 0.6) is 0 Å². The van der Waals surface area contributed by atoms with Gasteiger partial charge < -0.3 is 5.73 Å². The van der Waals surface area contributed by atoms with Gasteiger partial charge in [-0.05, 0) is 42.9 Å². The van der Waals surface area contributed by atoms with E-state index in [4.69, 9.17) is 10.7 Å². The molecule has 0 aromatic carbocycles. The van der Waals surface area contributed by atoms with E-state index in [1.165, 1.54) is 41.3 Å². The molecule has 0 aliphatic heterocycles. The minimum atomic E-state index is 0.458. The Bertz CT molecular complexity index is 434. The standard InChI is InChI=1S/C17H30N2S/c1-11(2)15-14(10-18)20-16(19-15)12-6-8-13(9-7-12)17(3,4)5/h11-13H,6-10,18H2,1-5H3. The Morgan fingerprint density at radius 2 is 1.80 bits per heavy atom. The van der Waals surface area contributed by atoms with Gasteiger partial charge in [0.1, 0.15) is 0 Å². The lowest BCUT2D eigenvalue weighted by molar-refractivity contribution is 0.169. The first-order valence-corrected chi connectivity index (χ1v) is 8.84. The molecule has 0 unspecified atom stereocenters. The lowest BCUT2D eigenvalue weighted by Crippen LogP contribution is -2.25. The van der Waals surface area contributed by atoms with Crippen molar-refractivity contribution < 1.29 is 0 Å². The molecule has 1 aromatic heterocycles. The molecule has 0 bridgehead atoms. The summed E-state index contributed by atoms with van der Waals surface area (Å²) in [6, 6.07) is 0. The van der Waals surface area contributed by atoms with E-state index in [0.29, 0.717) is 23.8 Å². The number of hydrogen-bond donors (Lipinski definition) is 1. The second-order valence-electron chi connectivity index (χ2n) is 7.63. The van der Waals surface area contributed by atoms with Crippen LogP contribution in [0.4, 0.5) is 0 Å². The number of nitrogens with two attached hydrogens (primary N) is 1. The number of aromatic nitrogens is 1. The molecular weight excluding hydrogens is 264 g/mol. The van der Waals surface area contributed by atoms with Crippen LogP contribution < -0.4 is 5.73 Å². The molecule has 0 saturated heterocycles. The normalized spacial score (nSPS) is 24.4. The molecule has 2 N–H and O–H groups in total. The van der Waals surface area contributed by atoms with Gasteiger partial charge in [-0.2, -0.15) is 0 Å². The van der Waals surface area contributed by atoms with Crippen molar-refractivity contribution in [1.82, 2.24) is 4.98 Å². The zero-order valence-electron chi connectivity index (χ0n) is 13.7. The van der Waals surface area contributed by atoms with E-state index in [9.17, 15) is 0 Å².